The lowest BCUT2D eigenvalue weighted by Gasteiger charge is -2.17. The predicted octanol–water partition coefficient (Wildman–Crippen LogP) is 3.77. The first kappa shape index (κ1) is 12.0. The summed E-state index contributed by atoms with van der Waals surface area (Å²) in [5, 5.41) is 0. The number of rotatable bonds is 3. The van der Waals surface area contributed by atoms with Gasteiger partial charge in [-0.2, -0.15) is 0 Å². The van der Waals surface area contributed by atoms with Crippen LogP contribution in [0.15, 0.2) is 48.5 Å². The maximum absolute atomic E-state index is 10.8. The molecule has 0 saturated carbocycles. The molecule has 0 spiro atoms. The quantitative estimate of drug-likeness (QED) is 0.774. The zero-order chi connectivity index (χ0) is 13.1. The molecule has 0 bridgehead atoms. The van der Waals surface area contributed by atoms with Crippen molar-refractivity contribution in [1.82, 2.24) is 0 Å². The van der Waals surface area contributed by atoms with Gasteiger partial charge in [-0.1, -0.05) is 30.3 Å². The van der Waals surface area contributed by atoms with Gasteiger partial charge in [0.2, 0.25) is 0 Å². The molecule has 19 heavy (non-hydrogen) atoms. The van der Waals surface area contributed by atoms with Gasteiger partial charge in [0.25, 0.3) is 0 Å². The Labute approximate surface area is 113 Å². The highest BCUT2D eigenvalue weighted by Crippen LogP contribution is 2.25. The van der Waals surface area contributed by atoms with E-state index in [2.05, 4.69) is 29.2 Å². The number of carbonyl (C=O) groups is 1. The molecule has 1 heterocycles. The lowest BCUT2D eigenvalue weighted by Crippen LogP contribution is -2.17. The maximum atomic E-state index is 10.8. The highest BCUT2D eigenvalue weighted by atomic mass is 16.1. The SMILES string of the molecule is O=Cc1cccc(-c2ccc(N3CCCC3)cc2)c1. The average Bonchev–Trinajstić information content (AvgIpc) is 3.02. The molecule has 0 unspecified atom stereocenters. The van der Waals surface area contributed by atoms with Crippen molar-refractivity contribution in [2.24, 2.45) is 0 Å². The molecule has 0 aromatic heterocycles. The van der Waals surface area contributed by atoms with E-state index in [1.54, 1.807) is 0 Å². The van der Waals surface area contributed by atoms with Crippen molar-refractivity contribution in [3.63, 3.8) is 0 Å². The van der Waals surface area contributed by atoms with Gasteiger partial charge >= 0.3 is 0 Å². The highest BCUT2D eigenvalue weighted by molar-refractivity contribution is 5.79. The van der Waals surface area contributed by atoms with Gasteiger partial charge in [0.15, 0.2) is 0 Å². The summed E-state index contributed by atoms with van der Waals surface area (Å²) >= 11 is 0. The number of carbonyl (C=O) groups excluding carboxylic acids is 1. The first-order valence-corrected chi connectivity index (χ1v) is 6.77. The Kier molecular flexibility index (Phi) is 3.32. The molecule has 0 N–H and O–H groups in total. The van der Waals surface area contributed by atoms with Gasteiger partial charge in [-0.05, 0) is 42.2 Å². The van der Waals surface area contributed by atoms with Crippen molar-refractivity contribution >= 4 is 12.0 Å². The molecule has 96 valence electrons. The Morgan fingerprint density at radius 1 is 0.895 bits per heavy atom. The summed E-state index contributed by atoms with van der Waals surface area (Å²) in [6.07, 6.45) is 3.48. The van der Waals surface area contributed by atoms with E-state index >= 15 is 0 Å². The van der Waals surface area contributed by atoms with Crippen molar-refractivity contribution in [3.05, 3.63) is 54.1 Å². The Bertz CT molecular complexity index is 568. The molecule has 1 aliphatic rings. The fraction of sp³-hybridized carbons (Fsp3) is 0.235. The summed E-state index contributed by atoms with van der Waals surface area (Å²) in [5.74, 6) is 0. The molecule has 2 heteroatoms. The minimum Gasteiger partial charge on any atom is -0.372 e. The second-order valence-corrected chi connectivity index (χ2v) is 4.98. The van der Waals surface area contributed by atoms with Crippen LogP contribution in [0.25, 0.3) is 11.1 Å². The van der Waals surface area contributed by atoms with Crippen LogP contribution in [-0.2, 0) is 0 Å². The molecule has 3 rings (SSSR count). The molecule has 2 nitrogen and oxygen atoms in total. The summed E-state index contributed by atoms with van der Waals surface area (Å²) < 4.78 is 0. The van der Waals surface area contributed by atoms with E-state index in [0.717, 1.165) is 23.0 Å². The van der Waals surface area contributed by atoms with Crippen molar-refractivity contribution in [2.45, 2.75) is 12.8 Å². The molecule has 1 fully saturated rings. The van der Waals surface area contributed by atoms with Crippen LogP contribution in [0.1, 0.15) is 23.2 Å². The van der Waals surface area contributed by atoms with Crippen molar-refractivity contribution < 1.29 is 4.79 Å². The van der Waals surface area contributed by atoms with Gasteiger partial charge in [0.05, 0.1) is 0 Å². The van der Waals surface area contributed by atoms with Crippen LogP contribution < -0.4 is 4.90 Å². The van der Waals surface area contributed by atoms with Gasteiger partial charge in [-0.25, -0.2) is 0 Å². The van der Waals surface area contributed by atoms with E-state index in [1.807, 2.05) is 24.3 Å². The minimum atomic E-state index is 0.723. The second kappa shape index (κ2) is 5.27. The number of nitrogens with zero attached hydrogens (tertiary/aromatic N) is 1. The third kappa shape index (κ3) is 2.53. The van der Waals surface area contributed by atoms with Crippen LogP contribution in [0.2, 0.25) is 0 Å². The molecule has 0 amide bonds. The zero-order valence-electron chi connectivity index (χ0n) is 10.9. The summed E-state index contributed by atoms with van der Waals surface area (Å²) in [7, 11) is 0. The van der Waals surface area contributed by atoms with Crippen LogP contribution in [0, 0.1) is 0 Å². The lowest BCUT2D eigenvalue weighted by atomic mass is 10.0. The third-order valence-corrected chi connectivity index (χ3v) is 3.69. The molecule has 0 radical (unpaired) electrons. The van der Waals surface area contributed by atoms with Crippen molar-refractivity contribution in [2.75, 3.05) is 18.0 Å². The monoisotopic (exact) mass is 251 g/mol. The largest absolute Gasteiger partial charge is 0.372 e. The number of anilines is 1. The third-order valence-electron chi connectivity index (χ3n) is 3.69. The fourth-order valence-corrected chi connectivity index (χ4v) is 2.63. The standard InChI is InChI=1S/C17H17NO/c19-13-14-4-3-5-16(12-14)15-6-8-17(9-7-15)18-10-1-2-11-18/h3-9,12-13H,1-2,10-11H2. The van der Waals surface area contributed by atoms with E-state index in [4.69, 9.17) is 0 Å². The molecular weight excluding hydrogens is 234 g/mol. The van der Waals surface area contributed by atoms with Gasteiger partial charge in [-0.3, -0.25) is 4.79 Å². The topological polar surface area (TPSA) is 20.3 Å². The molecule has 0 atom stereocenters. The lowest BCUT2D eigenvalue weighted by molar-refractivity contribution is 0.112. The predicted molar refractivity (Wildman–Crippen MR) is 78.7 cm³/mol. The van der Waals surface area contributed by atoms with E-state index in [9.17, 15) is 4.79 Å². The molecule has 0 aliphatic carbocycles. The highest BCUT2D eigenvalue weighted by Gasteiger charge is 2.11. The normalized spacial score (nSPS) is 14.6. The summed E-state index contributed by atoms with van der Waals surface area (Å²) in [5.41, 5.74) is 4.28. The van der Waals surface area contributed by atoms with Crippen LogP contribution in [-0.4, -0.2) is 19.4 Å². The van der Waals surface area contributed by atoms with Crippen molar-refractivity contribution in [3.8, 4) is 11.1 Å². The number of aldehydes is 1. The summed E-state index contributed by atoms with van der Waals surface area (Å²) in [6.45, 7) is 2.33. The average molecular weight is 251 g/mol. The van der Waals surface area contributed by atoms with E-state index in [1.165, 1.54) is 31.6 Å². The molecule has 1 aliphatic heterocycles. The molecule has 2 aromatic rings. The first-order valence-electron chi connectivity index (χ1n) is 6.77. The van der Waals surface area contributed by atoms with Gasteiger partial charge in [0.1, 0.15) is 6.29 Å². The smallest absolute Gasteiger partial charge is 0.150 e. The molecule has 2 aromatic carbocycles. The van der Waals surface area contributed by atoms with Crippen LogP contribution in [0.3, 0.4) is 0 Å². The fourth-order valence-electron chi connectivity index (χ4n) is 2.63. The number of benzene rings is 2. The molecular formula is C17H17NO. The Morgan fingerprint density at radius 2 is 1.63 bits per heavy atom. The van der Waals surface area contributed by atoms with E-state index in [0.29, 0.717) is 0 Å². The minimum absolute atomic E-state index is 0.723. The Morgan fingerprint density at radius 3 is 2.32 bits per heavy atom. The van der Waals surface area contributed by atoms with Crippen LogP contribution in [0.5, 0.6) is 0 Å². The first-order chi connectivity index (χ1) is 9.36. The van der Waals surface area contributed by atoms with Crippen LogP contribution >= 0.6 is 0 Å². The number of hydrogen-bond acceptors (Lipinski definition) is 2. The van der Waals surface area contributed by atoms with Crippen LogP contribution in [0.4, 0.5) is 5.69 Å². The van der Waals surface area contributed by atoms with Crippen molar-refractivity contribution in [1.29, 1.82) is 0 Å². The maximum Gasteiger partial charge on any atom is 0.150 e. The summed E-state index contributed by atoms with van der Waals surface area (Å²) in [6, 6.07) is 16.3. The van der Waals surface area contributed by atoms with E-state index in [-0.39, 0.29) is 0 Å². The van der Waals surface area contributed by atoms with Gasteiger partial charge in [-0.15, -0.1) is 0 Å². The van der Waals surface area contributed by atoms with Gasteiger partial charge in [0, 0.05) is 24.3 Å². The molecule has 1 saturated heterocycles. The zero-order valence-corrected chi connectivity index (χ0v) is 10.9. The summed E-state index contributed by atoms with van der Waals surface area (Å²) in [4.78, 5) is 13.2. The Hall–Kier alpha value is -2.09. The Balaban J connectivity index is 1.86. The van der Waals surface area contributed by atoms with Gasteiger partial charge < -0.3 is 4.90 Å². The number of hydrogen-bond donors (Lipinski definition) is 0. The second-order valence-electron chi connectivity index (χ2n) is 4.98. The van der Waals surface area contributed by atoms with E-state index < -0.39 is 0 Å².